The Hall–Kier alpha value is -4.05. The summed E-state index contributed by atoms with van der Waals surface area (Å²) in [5.41, 5.74) is 0.147. The largest absolute Gasteiger partial charge is 0.416 e. The lowest BCUT2D eigenvalue weighted by Crippen LogP contribution is -2.47. The van der Waals surface area contributed by atoms with Crippen LogP contribution in [0.5, 0.6) is 0 Å². The second-order valence-corrected chi connectivity index (χ2v) is 12.7. The Balaban J connectivity index is 1.71. The minimum Gasteiger partial charge on any atom is -0.306 e. The normalized spacial score (nSPS) is 16.0. The summed E-state index contributed by atoms with van der Waals surface area (Å²) in [7, 11) is -1.10. The number of amides is 3. The standard InChI is InChI=1S/C28H26ClF3N6O4S2/c1-37(2)15-3-6-24(39)33-27(40)34-26(36-44(41,42)21-13-9-19(10-14-21)28(30,31)32)38-17-22(23-5-4-16-43-23)25(35-38)18-7-11-20(29)12-8-18/h3-14,16,22H,15,17H2,1-2H3,(H2,33,34,36,39,40)/b6-3+. The van der Waals surface area contributed by atoms with Crippen molar-refractivity contribution in [2.24, 2.45) is 9.50 Å². The molecule has 1 aliphatic rings. The molecule has 0 radical (unpaired) electrons. The minimum atomic E-state index is -4.68. The molecule has 16 heteroatoms. The monoisotopic (exact) mass is 666 g/mol. The van der Waals surface area contributed by atoms with Crippen molar-refractivity contribution in [3.63, 3.8) is 0 Å². The highest BCUT2D eigenvalue weighted by Gasteiger charge is 2.34. The summed E-state index contributed by atoms with van der Waals surface area (Å²) in [6.45, 7) is 0.462. The van der Waals surface area contributed by atoms with Crippen LogP contribution < -0.4 is 10.6 Å². The van der Waals surface area contributed by atoms with Gasteiger partial charge in [-0.25, -0.2) is 9.80 Å². The molecule has 0 saturated heterocycles. The van der Waals surface area contributed by atoms with Crippen LogP contribution in [0.2, 0.25) is 5.02 Å². The topological polar surface area (TPSA) is 124 Å². The van der Waals surface area contributed by atoms with E-state index >= 15 is 0 Å². The Kier molecular flexibility index (Phi) is 10.2. The van der Waals surface area contributed by atoms with Crippen molar-refractivity contribution in [3.8, 4) is 0 Å². The number of sulfonamides is 1. The maximum atomic E-state index is 13.3. The summed E-state index contributed by atoms with van der Waals surface area (Å²) in [6.07, 6.45) is -2.03. The van der Waals surface area contributed by atoms with Crippen LogP contribution in [0.1, 0.15) is 21.9 Å². The maximum Gasteiger partial charge on any atom is 0.416 e. The molecule has 0 fully saturated rings. The highest BCUT2D eigenvalue weighted by molar-refractivity contribution is 7.90. The number of likely N-dealkylation sites (N-methyl/N-ethyl adjacent to an activating group) is 1. The zero-order valence-electron chi connectivity index (χ0n) is 23.2. The smallest absolute Gasteiger partial charge is 0.306 e. The van der Waals surface area contributed by atoms with Crippen molar-refractivity contribution >= 4 is 56.6 Å². The molecule has 10 nitrogen and oxygen atoms in total. The lowest BCUT2D eigenvalue weighted by molar-refractivity contribution is -0.137. The van der Waals surface area contributed by atoms with Gasteiger partial charge >= 0.3 is 12.2 Å². The number of thiophene rings is 1. The number of halogens is 4. The number of rotatable bonds is 7. The fraction of sp³-hybridized carbons (Fsp3) is 0.214. The Bertz CT molecular complexity index is 1690. The molecule has 2 heterocycles. The first-order valence-electron chi connectivity index (χ1n) is 12.8. The molecule has 44 heavy (non-hydrogen) atoms. The number of hydrazone groups is 1. The molecule has 4 rings (SSSR count). The second-order valence-electron chi connectivity index (χ2n) is 9.66. The molecule has 0 spiro atoms. The molecule has 1 aromatic heterocycles. The van der Waals surface area contributed by atoms with Gasteiger partial charge in [-0.05, 0) is 67.5 Å². The van der Waals surface area contributed by atoms with Gasteiger partial charge < -0.3 is 4.90 Å². The van der Waals surface area contributed by atoms with E-state index in [-0.39, 0.29) is 12.5 Å². The fourth-order valence-electron chi connectivity index (χ4n) is 4.00. The summed E-state index contributed by atoms with van der Waals surface area (Å²) < 4.78 is 69.4. The van der Waals surface area contributed by atoms with Gasteiger partial charge in [0.25, 0.3) is 15.9 Å². The number of carbonyl (C=O) groups is 2. The summed E-state index contributed by atoms with van der Waals surface area (Å²) >= 11 is 7.50. The van der Waals surface area contributed by atoms with E-state index in [2.05, 4.69) is 20.1 Å². The molecule has 3 amide bonds. The van der Waals surface area contributed by atoms with E-state index < -0.39 is 44.6 Å². The average Bonchev–Trinajstić information content (AvgIpc) is 3.63. The van der Waals surface area contributed by atoms with Crippen molar-refractivity contribution in [2.75, 3.05) is 27.2 Å². The third-order valence-electron chi connectivity index (χ3n) is 6.07. The zero-order valence-corrected chi connectivity index (χ0v) is 25.6. The first-order valence-corrected chi connectivity index (χ1v) is 15.5. The summed E-state index contributed by atoms with van der Waals surface area (Å²) in [6, 6.07) is 12.2. The number of carbonyl (C=O) groups excluding carboxylic acids is 2. The maximum absolute atomic E-state index is 13.3. The van der Waals surface area contributed by atoms with Crippen LogP contribution in [-0.2, 0) is 21.0 Å². The van der Waals surface area contributed by atoms with Gasteiger partial charge in [0.1, 0.15) is 0 Å². The van der Waals surface area contributed by atoms with Crippen molar-refractivity contribution in [1.82, 2.24) is 20.5 Å². The summed E-state index contributed by atoms with van der Waals surface area (Å²) in [5.74, 6) is -1.73. The molecule has 232 valence electrons. The molecular weight excluding hydrogens is 641 g/mol. The number of alkyl halides is 3. The molecule has 0 bridgehead atoms. The molecule has 0 saturated carbocycles. The highest BCUT2D eigenvalue weighted by Crippen LogP contribution is 2.33. The van der Waals surface area contributed by atoms with E-state index in [4.69, 9.17) is 11.6 Å². The van der Waals surface area contributed by atoms with Gasteiger partial charge in [0.05, 0.1) is 28.6 Å². The van der Waals surface area contributed by atoms with Crippen molar-refractivity contribution in [2.45, 2.75) is 17.0 Å². The second kappa shape index (κ2) is 13.7. The van der Waals surface area contributed by atoms with Crippen LogP contribution in [0, 0.1) is 0 Å². The quantitative estimate of drug-likeness (QED) is 0.210. The molecule has 3 aromatic rings. The van der Waals surface area contributed by atoms with Crippen LogP contribution in [0.25, 0.3) is 0 Å². The van der Waals surface area contributed by atoms with Gasteiger partial charge in [0, 0.05) is 22.5 Å². The summed E-state index contributed by atoms with van der Waals surface area (Å²) in [5, 5.41) is 12.4. The van der Waals surface area contributed by atoms with E-state index in [1.807, 2.05) is 17.5 Å². The molecule has 2 N–H and O–H groups in total. The van der Waals surface area contributed by atoms with Crippen molar-refractivity contribution in [1.29, 1.82) is 0 Å². The Morgan fingerprint density at radius 2 is 1.80 bits per heavy atom. The Morgan fingerprint density at radius 1 is 1.11 bits per heavy atom. The van der Waals surface area contributed by atoms with Gasteiger partial charge in [-0.3, -0.25) is 15.4 Å². The van der Waals surface area contributed by atoms with Gasteiger partial charge in [-0.2, -0.15) is 26.7 Å². The SMILES string of the molecule is CN(C)C/C=C/C(=O)NC(=O)N/C(=N/S(=O)(=O)c1ccc(C(F)(F)F)cc1)N1CC(c2cccs2)C(c2ccc(Cl)cc2)=N1. The third kappa shape index (κ3) is 8.53. The number of guanidine groups is 1. The molecule has 1 unspecified atom stereocenters. The predicted molar refractivity (Wildman–Crippen MR) is 162 cm³/mol. The van der Waals surface area contributed by atoms with Crippen molar-refractivity contribution in [3.05, 3.63) is 99.2 Å². The van der Waals surface area contributed by atoms with Crippen molar-refractivity contribution < 1.29 is 31.2 Å². The Morgan fingerprint density at radius 3 is 2.39 bits per heavy atom. The van der Waals surface area contributed by atoms with Crippen LogP contribution in [0.4, 0.5) is 18.0 Å². The van der Waals surface area contributed by atoms with Crippen LogP contribution in [0.15, 0.2) is 92.6 Å². The molecule has 2 aromatic carbocycles. The highest BCUT2D eigenvalue weighted by atomic mass is 35.5. The number of imide groups is 1. The van der Waals surface area contributed by atoms with Gasteiger partial charge in [-0.1, -0.05) is 35.9 Å². The van der Waals surface area contributed by atoms with Gasteiger partial charge in [0.2, 0.25) is 5.96 Å². The third-order valence-corrected chi connectivity index (χ3v) is 8.59. The van der Waals surface area contributed by atoms with E-state index in [1.165, 1.54) is 17.4 Å². The van der Waals surface area contributed by atoms with Crippen LogP contribution >= 0.6 is 22.9 Å². The van der Waals surface area contributed by atoms with E-state index in [0.29, 0.717) is 35.0 Å². The number of benzene rings is 2. The van der Waals surface area contributed by atoms with Crippen LogP contribution in [-0.4, -0.2) is 69.1 Å². The molecular formula is C28H26ClF3N6O4S2. The molecule has 1 atom stereocenters. The lowest BCUT2D eigenvalue weighted by Gasteiger charge is -2.18. The number of urea groups is 1. The van der Waals surface area contributed by atoms with Crippen LogP contribution in [0.3, 0.4) is 0 Å². The number of hydrogen-bond acceptors (Lipinski definition) is 7. The Labute approximate surface area is 260 Å². The average molecular weight is 667 g/mol. The molecule has 0 aliphatic carbocycles. The number of hydrogen-bond donors (Lipinski definition) is 2. The van der Waals surface area contributed by atoms with E-state index in [1.54, 1.807) is 43.3 Å². The lowest BCUT2D eigenvalue weighted by atomic mass is 9.96. The van der Waals surface area contributed by atoms with Gasteiger partial charge in [-0.15, -0.1) is 15.7 Å². The zero-order chi connectivity index (χ0) is 32.1. The number of nitrogens with one attached hydrogen (secondary N) is 2. The first-order chi connectivity index (χ1) is 20.7. The minimum absolute atomic E-state index is 0.0385. The number of nitrogens with zero attached hydrogens (tertiary/aromatic N) is 4. The van der Waals surface area contributed by atoms with E-state index in [0.717, 1.165) is 28.1 Å². The predicted octanol–water partition coefficient (Wildman–Crippen LogP) is 4.91. The van der Waals surface area contributed by atoms with E-state index in [9.17, 15) is 31.2 Å². The first kappa shape index (κ1) is 32.9. The van der Waals surface area contributed by atoms with Gasteiger partial charge in [0.15, 0.2) is 0 Å². The molecule has 1 aliphatic heterocycles. The fourth-order valence-corrected chi connectivity index (χ4v) is 5.90. The summed E-state index contributed by atoms with van der Waals surface area (Å²) in [4.78, 5) is 27.2.